The predicted molar refractivity (Wildman–Crippen MR) is 133 cm³/mol. The SMILES string of the molecule is CC[C@@H](NC(=O)OCC1c2ccccc2-c2ccccc21)C(=O)NCC1(CC(=O)O)CCCCC1. The van der Waals surface area contributed by atoms with Gasteiger partial charge >= 0.3 is 12.1 Å². The van der Waals surface area contributed by atoms with Crippen LogP contribution in [-0.2, 0) is 14.3 Å². The second-order valence-corrected chi connectivity index (χ2v) is 9.78. The van der Waals surface area contributed by atoms with E-state index < -0.39 is 23.5 Å². The van der Waals surface area contributed by atoms with E-state index in [1.807, 2.05) is 31.2 Å². The number of amides is 2. The molecule has 35 heavy (non-hydrogen) atoms. The van der Waals surface area contributed by atoms with Gasteiger partial charge in [-0.05, 0) is 46.9 Å². The van der Waals surface area contributed by atoms with Gasteiger partial charge in [-0.2, -0.15) is 0 Å². The highest BCUT2D eigenvalue weighted by atomic mass is 16.5. The molecule has 1 saturated carbocycles. The van der Waals surface area contributed by atoms with Crippen molar-refractivity contribution in [2.45, 2.75) is 63.8 Å². The lowest BCUT2D eigenvalue weighted by molar-refractivity contribution is -0.140. The molecule has 0 aromatic heterocycles. The number of fused-ring (bicyclic) bond motifs is 3. The second kappa shape index (κ2) is 10.9. The Balaban J connectivity index is 1.33. The number of carboxylic acids is 1. The highest BCUT2D eigenvalue weighted by Crippen LogP contribution is 2.44. The van der Waals surface area contributed by atoms with Crippen LogP contribution in [0, 0.1) is 5.41 Å². The van der Waals surface area contributed by atoms with Gasteiger partial charge in [0, 0.05) is 12.5 Å². The molecule has 1 fully saturated rings. The molecule has 0 unspecified atom stereocenters. The molecule has 0 spiro atoms. The number of carbonyl (C=O) groups is 3. The van der Waals surface area contributed by atoms with Crippen LogP contribution in [0.15, 0.2) is 48.5 Å². The summed E-state index contributed by atoms with van der Waals surface area (Å²) in [5.41, 5.74) is 4.15. The van der Waals surface area contributed by atoms with Crippen molar-refractivity contribution >= 4 is 18.0 Å². The number of rotatable bonds is 9. The summed E-state index contributed by atoms with van der Waals surface area (Å²) in [5, 5.41) is 15.0. The molecule has 4 rings (SSSR count). The Bertz CT molecular complexity index is 1030. The lowest BCUT2D eigenvalue weighted by Crippen LogP contribution is -2.50. The smallest absolute Gasteiger partial charge is 0.407 e. The van der Waals surface area contributed by atoms with E-state index in [0.29, 0.717) is 13.0 Å². The van der Waals surface area contributed by atoms with Crippen LogP contribution in [0.25, 0.3) is 11.1 Å². The fourth-order valence-corrected chi connectivity index (χ4v) is 5.57. The van der Waals surface area contributed by atoms with Crippen LogP contribution in [0.1, 0.15) is 68.9 Å². The molecule has 2 aliphatic carbocycles. The number of carboxylic acid groups (broad SMARTS) is 1. The first-order valence-corrected chi connectivity index (χ1v) is 12.5. The van der Waals surface area contributed by atoms with Crippen molar-refractivity contribution in [3.63, 3.8) is 0 Å². The van der Waals surface area contributed by atoms with Gasteiger partial charge in [0.2, 0.25) is 5.91 Å². The summed E-state index contributed by atoms with van der Waals surface area (Å²) in [5.74, 6) is -1.20. The number of nitrogens with one attached hydrogen (secondary N) is 2. The summed E-state index contributed by atoms with van der Waals surface area (Å²) in [6.45, 7) is 2.31. The molecule has 7 nitrogen and oxygen atoms in total. The molecular formula is C28H34N2O5. The largest absolute Gasteiger partial charge is 0.481 e. The molecule has 2 amide bonds. The molecular weight excluding hydrogens is 444 g/mol. The summed E-state index contributed by atoms with van der Waals surface area (Å²) >= 11 is 0. The lowest BCUT2D eigenvalue weighted by Gasteiger charge is -2.36. The van der Waals surface area contributed by atoms with E-state index in [-0.39, 0.29) is 24.9 Å². The van der Waals surface area contributed by atoms with E-state index in [9.17, 15) is 19.5 Å². The third-order valence-electron chi connectivity index (χ3n) is 7.44. The van der Waals surface area contributed by atoms with E-state index in [4.69, 9.17) is 4.74 Å². The average molecular weight is 479 g/mol. The summed E-state index contributed by atoms with van der Waals surface area (Å²) in [6.07, 6.45) is 4.43. The quantitative estimate of drug-likeness (QED) is 0.478. The van der Waals surface area contributed by atoms with Gasteiger partial charge in [0.15, 0.2) is 0 Å². The fraction of sp³-hybridized carbons (Fsp3) is 0.464. The van der Waals surface area contributed by atoms with Crippen LogP contribution in [0.4, 0.5) is 4.79 Å². The van der Waals surface area contributed by atoms with Crippen molar-refractivity contribution < 1.29 is 24.2 Å². The van der Waals surface area contributed by atoms with Gasteiger partial charge in [-0.3, -0.25) is 9.59 Å². The monoisotopic (exact) mass is 478 g/mol. The summed E-state index contributed by atoms with van der Waals surface area (Å²) in [4.78, 5) is 36.9. The summed E-state index contributed by atoms with van der Waals surface area (Å²) in [7, 11) is 0. The number of benzene rings is 2. The number of carbonyl (C=O) groups excluding carboxylic acids is 2. The maximum absolute atomic E-state index is 12.8. The van der Waals surface area contributed by atoms with Crippen LogP contribution in [0.5, 0.6) is 0 Å². The highest BCUT2D eigenvalue weighted by Gasteiger charge is 2.35. The number of alkyl carbamates (subject to hydrolysis) is 1. The lowest BCUT2D eigenvalue weighted by atomic mass is 9.71. The molecule has 2 aromatic rings. The Labute approximate surface area is 206 Å². The predicted octanol–water partition coefficient (Wildman–Crippen LogP) is 4.85. The summed E-state index contributed by atoms with van der Waals surface area (Å²) in [6, 6.07) is 15.5. The van der Waals surface area contributed by atoms with Crippen LogP contribution < -0.4 is 10.6 Å². The molecule has 2 aromatic carbocycles. The van der Waals surface area contributed by atoms with E-state index in [2.05, 4.69) is 34.9 Å². The normalized spacial score (nSPS) is 17.1. The van der Waals surface area contributed by atoms with Crippen LogP contribution in [-0.4, -0.2) is 42.3 Å². The van der Waals surface area contributed by atoms with Gasteiger partial charge < -0.3 is 20.5 Å². The zero-order valence-electron chi connectivity index (χ0n) is 20.2. The van der Waals surface area contributed by atoms with Crippen molar-refractivity contribution in [3.8, 4) is 11.1 Å². The minimum absolute atomic E-state index is 0.0455. The zero-order valence-corrected chi connectivity index (χ0v) is 20.2. The van der Waals surface area contributed by atoms with Crippen molar-refractivity contribution in [1.29, 1.82) is 0 Å². The number of ether oxygens (including phenoxy) is 1. The highest BCUT2D eigenvalue weighted by molar-refractivity contribution is 5.85. The number of hydrogen-bond donors (Lipinski definition) is 3. The van der Waals surface area contributed by atoms with Crippen molar-refractivity contribution in [3.05, 3.63) is 59.7 Å². The molecule has 0 saturated heterocycles. The Hall–Kier alpha value is -3.35. The number of aliphatic carboxylic acids is 1. The van der Waals surface area contributed by atoms with Gasteiger partial charge in [0.1, 0.15) is 12.6 Å². The standard InChI is InChI=1S/C28H34N2O5/c1-2-24(26(33)29-18-28(16-25(31)32)14-8-3-9-15-28)30-27(34)35-17-23-21-12-6-4-10-19(21)20-11-5-7-13-22(20)23/h4-7,10-13,23-24H,2-3,8-9,14-18H2,1H3,(H,29,33)(H,30,34)(H,31,32)/t24-/m1/s1. The first kappa shape index (κ1) is 24.8. The van der Waals surface area contributed by atoms with Gasteiger partial charge in [-0.25, -0.2) is 4.79 Å². The maximum Gasteiger partial charge on any atom is 0.407 e. The molecule has 0 bridgehead atoms. The minimum atomic E-state index is -0.843. The van der Waals surface area contributed by atoms with Crippen LogP contribution >= 0.6 is 0 Å². The van der Waals surface area contributed by atoms with Gasteiger partial charge in [0.05, 0.1) is 6.42 Å². The van der Waals surface area contributed by atoms with Crippen LogP contribution in [0.2, 0.25) is 0 Å². The Morgan fingerprint density at radius 3 is 2.17 bits per heavy atom. The maximum atomic E-state index is 12.8. The van der Waals surface area contributed by atoms with Gasteiger partial charge in [-0.1, -0.05) is 74.7 Å². The molecule has 0 heterocycles. The third kappa shape index (κ3) is 5.66. The third-order valence-corrected chi connectivity index (χ3v) is 7.44. The average Bonchev–Trinajstić information content (AvgIpc) is 3.18. The van der Waals surface area contributed by atoms with E-state index in [1.54, 1.807) is 0 Å². The zero-order chi connectivity index (χ0) is 24.8. The minimum Gasteiger partial charge on any atom is -0.481 e. The molecule has 3 N–H and O–H groups in total. The van der Waals surface area contributed by atoms with Crippen molar-refractivity contribution in [2.75, 3.05) is 13.2 Å². The Morgan fingerprint density at radius 1 is 1.00 bits per heavy atom. The second-order valence-electron chi connectivity index (χ2n) is 9.78. The van der Waals surface area contributed by atoms with Gasteiger partial charge in [-0.15, -0.1) is 0 Å². The molecule has 0 radical (unpaired) electrons. The first-order valence-electron chi connectivity index (χ1n) is 12.5. The Morgan fingerprint density at radius 2 is 1.60 bits per heavy atom. The first-order chi connectivity index (χ1) is 16.9. The molecule has 186 valence electrons. The topological polar surface area (TPSA) is 105 Å². The molecule has 0 aliphatic heterocycles. The molecule has 1 atom stereocenters. The van der Waals surface area contributed by atoms with E-state index in [1.165, 1.54) is 0 Å². The van der Waals surface area contributed by atoms with Crippen LogP contribution in [0.3, 0.4) is 0 Å². The fourth-order valence-electron chi connectivity index (χ4n) is 5.57. The van der Waals surface area contributed by atoms with Crippen molar-refractivity contribution in [2.24, 2.45) is 5.41 Å². The van der Waals surface area contributed by atoms with E-state index in [0.717, 1.165) is 54.4 Å². The molecule has 7 heteroatoms. The van der Waals surface area contributed by atoms with Crippen molar-refractivity contribution in [1.82, 2.24) is 10.6 Å². The number of hydrogen-bond acceptors (Lipinski definition) is 4. The summed E-state index contributed by atoms with van der Waals surface area (Å²) < 4.78 is 5.58. The van der Waals surface area contributed by atoms with E-state index >= 15 is 0 Å². The Kier molecular flexibility index (Phi) is 7.73. The molecule has 2 aliphatic rings. The van der Waals surface area contributed by atoms with Gasteiger partial charge in [0.25, 0.3) is 0 Å².